The lowest BCUT2D eigenvalue weighted by Gasteiger charge is -2.30. The monoisotopic (exact) mass is 458 g/mol. The van der Waals surface area contributed by atoms with Crippen LogP contribution in [0.25, 0.3) is 0 Å². The molecule has 0 saturated carbocycles. The summed E-state index contributed by atoms with van der Waals surface area (Å²) in [5.41, 5.74) is 16.1. The summed E-state index contributed by atoms with van der Waals surface area (Å²) in [5.74, 6) is -3.87. The molecule has 0 spiro atoms. The van der Waals surface area contributed by atoms with Crippen molar-refractivity contribution < 1.29 is 34.2 Å². The standard InChI is InChI=1S/C19H34N6O7/c20-8-2-1-4-12(23-16(28)11(21)10-26)18(30)25-9-3-5-14(25)17(29)24-13(19(31)32)6-7-15(22)27/h11-14,26H,1-10,20-21H2,(H2,22,27)(H,23,28)(H,24,29)(H,31,32). The highest BCUT2D eigenvalue weighted by atomic mass is 16.4. The third-order valence-corrected chi connectivity index (χ3v) is 5.23. The maximum Gasteiger partial charge on any atom is 0.326 e. The Morgan fingerprint density at radius 1 is 1.06 bits per heavy atom. The topological polar surface area (TPSA) is 231 Å². The van der Waals surface area contributed by atoms with Crippen molar-refractivity contribution in [2.45, 2.75) is 69.1 Å². The van der Waals surface area contributed by atoms with Crippen LogP contribution in [0.1, 0.15) is 44.9 Å². The second-order valence-electron chi connectivity index (χ2n) is 7.73. The van der Waals surface area contributed by atoms with Gasteiger partial charge in [-0.1, -0.05) is 0 Å². The first-order valence-electron chi connectivity index (χ1n) is 10.6. The van der Waals surface area contributed by atoms with E-state index in [1.807, 2.05) is 0 Å². The quantitative estimate of drug-likeness (QED) is 0.129. The van der Waals surface area contributed by atoms with Crippen LogP contribution in [-0.4, -0.2) is 88.6 Å². The number of hydrogen-bond donors (Lipinski definition) is 7. The van der Waals surface area contributed by atoms with Gasteiger partial charge in [0.1, 0.15) is 24.2 Å². The number of unbranched alkanes of at least 4 members (excludes halogenated alkanes) is 1. The molecule has 1 aliphatic heterocycles. The number of amides is 4. The fraction of sp³-hybridized carbons (Fsp3) is 0.737. The van der Waals surface area contributed by atoms with Gasteiger partial charge in [-0.15, -0.1) is 0 Å². The van der Waals surface area contributed by atoms with Crippen LogP contribution >= 0.6 is 0 Å². The van der Waals surface area contributed by atoms with Crippen molar-refractivity contribution in [1.29, 1.82) is 0 Å². The number of carboxylic acid groups (broad SMARTS) is 1. The molecule has 0 radical (unpaired) electrons. The molecule has 1 heterocycles. The molecule has 1 saturated heterocycles. The van der Waals surface area contributed by atoms with E-state index >= 15 is 0 Å². The zero-order valence-corrected chi connectivity index (χ0v) is 18.0. The normalized spacial score (nSPS) is 18.5. The van der Waals surface area contributed by atoms with Gasteiger partial charge in [-0.3, -0.25) is 19.2 Å². The molecule has 1 aliphatic rings. The van der Waals surface area contributed by atoms with Crippen LogP contribution in [0.2, 0.25) is 0 Å². The molecule has 32 heavy (non-hydrogen) atoms. The van der Waals surface area contributed by atoms with Gasteiger partial charge in [-0.25, -0.2) is 4.79 Å². The lowest BCUT2D eigenvalue weighted by Crippen LogP contribution is -2.57. The first-order chi connectivity index (χ1) is 15.1. The Bertz CT molecular complexity index is 689. The number of carboxylic acids is 1. The number of rotatable bonds is 14. The van der Waals surface area contributed by atoms with E-state index in [4.69, 9.17) is 22.3 Å². The number of nitrogens with zero attached hydrogens (tertiary/aromatic N) is 1. The average molecular weight is 459 g/mol. The molecule has 1 rings (SSSR count). The lowest BCUT2D eigenvalue weighted by atomic mass is 10.1. The molecule has 10 N–H and O–H groups in total. The van der Waals surface area contributed by atoms with Crippen LogP contribution in [0.5, 0.6) is 0 Å². The molecule has 13 nitrogen and oxygen atoms in total. The molecule has 4 amide bonds. The Hall–Kier alpha value is -2.77. The molecular formula is C19H34N6O7. The molecule has 182 valence electrons. The van der Waals surface area contributed by atoms with Gasteiger partial charge in [0, 0.05) is 13.0 Å². The van der Waals surface area contributed by atoms with E-state index in [1.54, 1.807) is 0 Å². The Balaban J connectivity index is 2.91. The van der Waals surface area contributed by atoms with Crippen molar-refractivity contribution in [2.24, 2.45) is 17.2 Å². The molecular weight excluding hydrogens is 424 g/mol. The van der Waals surface area contributed by atoms with Crippen LogP contribution in [0.15, 0.2) is 0 Å². The van der Waals surface area contributed by atoms with E-state index < -0.39 is 60.4 Å². The fourth-order valence-corrected chi connectivity index (χ4v) is 3.43. The Morgan fingerprint density at radius 3 is 2.31 bits per heavy atom. The van der Waals surface area contributed by atoms with Crippen molar-refractivity contribution in [3.63, 3.8) is 0 Å². The van der Waals surface area contributed by atoms with E-state index in [-0.39, 0.29) is 25.8 Å². The minimum Gasteiger partial charge on any atom is -0.480 e. The van der Waals surface area contributed by atoms with Gasteiger partial charge < -0.3 is 42.9 Å². The van der Waals surface area contributed by atoms with E-state index in [2.05, 4.69) is 10.6 Å². The van der Waals surface area contributed by atoms with Gasteiger partial charge in [0.2, 0.25) is 23.6 Å². The highest BCUT2D eigenvalue weighted by Gasteiger charge is 2.39. The predicted octanol–water partition coefficient (Wildman–Crippen LogP) is -3.25. The zero-order valence-electron chi connectivity index (χ0n) is 18.0. The molecule has 0 aromatic heterocycles. The van der Waals surface area contributed by atoms with Gasteiger partial charge in [0.05, 0.1) is 6.61 Å². The van der Waals surface area contributed by atoms with Crippen molar-refractivity contribution in [3.8, 4) is 0 Å². The number of aliphatic hydroxyl groups excluding tert-OH is 1. The molecule has 0 aromatic carbocycles. The second-order valence-corrected chi connectivity index (χ2v) is 7.73. The Morgan fingerprint density at radius 2 is 1.75 bits per heavy atom. The van der Waals surface area contributed by atoms with Crippen molar-refractivity contribution >= 4 is 29.6 Å². The van der Waals surface area contributed by atoms with Crippen LogP contribution < -0.4 is 27.8 Å². The number of primary amides is 1. The molecule has 0 aliphatic carbocycles. The predicted molar refractivity (Wildman–Crippen MR) is 113 cm³/mol. The minimum atomic E-state index is -1.32. The van der Waals surface area contributed by atoms with Gasteiger partial charge in [-0.2, -0.15) is 0 Å². The summed E-state index contributed by atoms with van der Waals surface area (Å²) in [6, 6.07) is -4.40. The van der Waals surface area contributed by atoms with Crippen LogP contribution in [0.4, 0.5) is 0 Å². The summed E-state index contributed by atoms with van der Waals surface area (Å²) < 4.78 is 0. The van der Waals surface area contributed by atoms with Gasteiger partial charge in [-0.05, 0) is 45.1 Å². The van der Waals surface area contributed by atoms with Crippen LogP contribution in [-0.2, 0) is 24.0 Å². The zero-order chi connectivity index (χ0) is 24.3. The summed E-state index contributed by atoms with van der Waals surface area (Å²) in [5, 5.41) is 23.3. The van der Waals surface area contributed by atoms with Crippen molar-refractivity contribution in [3.05, 3.63) is 0 Å². The number of hydrogen-bond acceptors (Lipinski definition) is 8. The number of carbonyl (C=O) groups is 5. The first kappa shape index (κ1) is 27.3. The summed E-state index contributed by atoms with van der Waals surface area (Å²) >= 11 is 0. The highest BCUT2D eigenvalue weighted by molar-refractivity contribution is 5.94. The van der Waals surface area contributed by atoms with Gasteiger partial charge in [0.15, 0.2) is 0 Å². The van der Waals surface area contributed by atoms with Crippen LogP contribution in [0.3, 0.4) is 0 Å². The maximum atomic E-state index is 13.2. The largest absolute Gasteiger partial charge is 0.480 e. The van der Waals surface area contributed by atoms with E-state index in [9.17, 15) is 29.1 Å². The van der Waals surface area contributed by atoms with E-state index in [0.29, 0.717) is 32.2 Å². The number of carbonyl (C=O) groups excluding carboxylic acids is 4. The minimum absolute atomic E-state index is 0.173. The number of aliphatic hydroxyl groups is 1. The second kappa shape index (κ2) is 13.6. The van der Waals surface area contributed by atoms with Crippen molar-refractivity contribution in [2.75, 3.05) is 19.7 Å². The lowest BCUT2D eigenvalue weighted by molar-refractivity contribution is -0.145. The molecule has 13 heteroatoms. The van der Waals surface area contributed by atoms with Gasteiger partial charge >= 0.3 is 5.97 Å². The summed E-state index contributed by atoms with van der Waals surface area (Å²) in [7, 11) is 0. The third kappa shape index (κ3) is 8.40. The Kier molecular flexibility index (Phi) is 11.6. The molecule has 0 bridgehead atoms. The number of nitrogens with one attached hydrogen (secondary N) is 2. The third-order valence-electron chi connectivity index (χ3n) is 5.23. The van der Waals surface area contributed by atoms with E-state index in [1.165, 1.54) is 4.90 Å². The molecule has 4 unspecified atom stereocenters. The van der Waals surface area contributed by atoms with Crippen LogP contribution in [0, 0.1) is 0 Å². The highest BCUT2D eigenvalue weighted by Crippen LogP contribution is 2.20. The molecule has 1 fully saturated rings. The summed E-state index contributed by atoms with van der Waals surface area (Å²) in [6.07, 6.45) is 1.87. The smallest absolute Gasteiger partial charge is 0.326 e. The average Bonchev–Trinajstić information content (AvgIpc) is 3.24. The Labute approximate surface area is 186 Å². The van der Waals surface area contributed by atoms with E-state index in [0.717, 1.165) is 0 Å². The van der Waals surface area contributed by atoms with Gasteiger partial charge in [0.25, 0.3) is 0 Å². The first-order valence-corrected chi connectivity index (χ1v) is 10.6. The number of nitrogens with two attached hydrogens (primary N) is 3. The van der Waals surface area contributed by atoms with Crippen molar-refractivity contribution in [1.82, 2.24) is 15.5 Å². The maximum absolute atomic E-state index is 13.2. The number of likely N-dealkylation sites (tertiary alicyclic amines) is 1. The summed E-state index contributed by atoms with van der Waals surface area (Å²) in [6.45, 7) is 0.0685. The fourth-order valence-electron chi connectivity index (χ4n) is 3.43. The molecule has 4 atom stereocenters. The number of aliphatic carboxylic acids is 1. The molecule has 0 aromatic rings. The SMILES string of the molecule is NCCCCC(NC(=O)C(N)CO)C(=O)N1CCCC1C(=O)NC(CCC(N)=O)C(=O)O. The summed E-state index contributed by atoms with van der Waals surface area (Å²) in [4.78, 5) is 61.7.